The van der Waals surface area contributed by atoms with E-state index in [1.54, 1.807) is 6.33 Å². The third-order valence-electron chi connectivity index (χ3n) is 3.75. The topological polar surface area (TPSA) is 60.2 Å². The molecule has 1 heterocycles. The quantitative estimate of drug-likeness (QED) is 0.780. The van der Waals surface area contributed by atoms with E-state index in [1.807, 2.05) is 11.6 Å². The van der Waals surface area contributed by atoms with Gasteiger partial charge in [0.2, 0.25) is 0 Å². The summed E-state index contributed by atoms with van der Waals surface area (Å²) in [5.41, 5.74) is 0. The van der Waals surface area contributed by atoms with Crippen molar-refractivity contribution < 1.29 is 9.84 Å². The molecule has 1 fully saturated rings. The van der Waals surface area contributed by atoms with Crippen LogP contribution in [-0.2, 0) is 17.7 Å². The second-order valence-electron chi connectivity index (χ2n) is 5.41. The first-order chi connectivity index (χ1) is 9.22. The Balaban J connectivity index is 1.72. The Morgan fingerprint density at radius 2 is 2.26 bits per heavy atom. The second-order valence-corrected chi connectivity index (χ2v) is 5.41. The molecule has 1 aliphatic carbocycles. The minimum atomic E-state index is -0.313. The van der Waals surface area contributed by atoms with Crippen LogP contribution in [-0.4, -0.2) is 38.7 Å². The van der Waals surface area contributed by atoms with Crippen LogP contribution in [0.25, 0.3) is 0 Å². The molecule has 1 N–H and O–H groups in total. The van der Waals surface area contributed by atoms with Crippen LogP contribution in [0.3, 0.4) is 0 Å². The van der Waals surface area contributed by atoms with Crippen LogP contribution in [0, 0.1) is 5.92 Å². The van der Waals surface area contributed by atoms with Gasteiger partial charge in [0.05, 0.1) is 12.2 Å². The van der Waals surface area contributed by atoms with Crippen molar-refractivity contribution in [2.45, 2.75) is 64.7 Å². The lowest BCUT2D eigenvalue weighted by Crippen LogP contribution is -2.34. The molecule has 5 nitrogen and oxygen atoms in total. The summed E-state index contributed by atoms with van der Waals surface area (Å²) in [4.78, 5) is 4.24. The zero-order valence-electron chi connectivity index (χ0n) is 12.0. The minimum absolute atomic E-state index is 0.313. The summed E-state index contributed by atoms with van der Waals surface area (Å²) in [6, 6.07) is 0. The summed E-state index contributed by atoms with van der Waals surface area (Å²) >= 11 is 0. The molecule has 0 spiro atoms. The largest absolute Gasteiger partial charge is 0.393 e. The molecule has 19 heavy (non-hydrogen) atoms. The molecule has 0 aromatic carbocycles. The zero-order valence-corrected chi connectivity index (χ0v) is 12.0. The van der Waals surface area contributed by atoms with Crippen molar-refractivity contribution in [1.29, 1.82) is 0 Å². The molecule has 1 aromatic heterocycles. The molecule has 1 aliphatic rings. The number of nitrogens with zero attached hydrogens (tertiary/aromatic N) is 3. The van der Waals surface area contributed by atoms with Crippen molar-refractivity contribution in [2.24, 2.45) is 5.92 Å². The minimum Gasteiger partial charge on any atom is -0.393 e. The molecular weight excluding hydrogens is 242 g/mol. The fourth-order valence-corrected chi connectivity index (χ4v) is 2.76. The third-order valence-corrected chi connectivity index (χ3v) is 3.75. The number of aliphatic hydroxyl groups excluding tert-OH is 1. The summed E-state index contributed by atoms with van der Waals surface area (Å²) in [6.07, 6.45) is 6.35. The van der Waals surface area contributed by atoms with Gasteiger partial charge >= 0.3 is 0 Å². The lowest BCUT2D eigenvalue weighted by atomic mass is 9.78. The van der Waals surface area contributed by atoms with Gasteiger partial charge in [0.15, 0.2) is 0 Å². The first-order valence-corrected chi connectivity index (χ1v) is 7.39. The average Bonchev–Trinajstić information content (AvgIpc) is 2.74. The normalized spacial score (nSPS) is 24.2. The number of aryl methyl sites for hydroxylation is 1. The number of hydrogen-bond acceptors (Lipinski definition) is 4. The molecule has 0 bridgehead atoms. The van der Waals surface area contributed by atoms with Crippen molar-refractivity contribution in [3.8, 4) is 0 Å². The average molecular weight is 267 g/mol. The molecule has 1 saturated carbocycles. The van der Waals surface area contributed by atoms with Crippen LogP contribution in [0.2, 0.25) is 0 Å². The fourth-order valence-electron chi connectivity index (χ4n) is 2.76. The van der Waals surface area contributed by atoms with E-state index in [4.69, 9.17) is 4.74 Å². The van der Waals surface area contributed by atoms with Gasteiger partial charge in [0.25, 0.3) is 0 Å². The summed E-state index contributed by atoms with van der Waals surface area (Å²) in [6.45, 7) is 5.81. The molecule has 0 amide bonds. The Morgan fingerprint density at radius 1 is 1.47 bits per heavy atom. The standard InChI is InChI=1S/C14H25N3O2/c1-3-5-17-14(15-10-16-17)9-12(18)6-11-7-13(8-11)19-4-2/h10-13,18H,3-9H2,1-2H3. The van der Waals surface area contributed by atoms with E-state index in [0.717, 1.165) is 44.7 Å². The van der Waals surface area contributed by atoms with Gasteiger partial charge in [-0.3, -0.25) is 4.68 Å². The highest BCUT2D eigenvalue weighted by molar-refractivity contribution is 4.90. The van der Waals surface area contributed by atoms with E-state index in [2.05, 4.69) is 17.0 Å². The van der Waals surface area contributed by atoms with Gasteiger partial charge in [-0.2, -0.15) is 5.10 Å². The third kappa shape index (κ3) is 4.01. The Morgan fingerprint density at radius 3 is 2.95 bits per heavy atom. The van der Waals surface area contributed by atoms with E-state index in [1.165, 1.54) is 0 Å². The van der Waals surface area contributed by atoms with Gasteiger partial charge in [0.1, 0.15) is 12.2 Å². The van der Waals surface area contributed by atoms with Crippen LogP contribution in [0.5, 0.6) is 0 Å². The molecule has 108 valence electrons. The molecule has 5 heteroatoms. The highest BCUT2D eigenvalue weighted by atomic mass is 16.5. The maximum atomic E-state index is 10.1. The van der Waals surface area contributed by atoms with Gasteiger partial charge in [-0.15, -0.1) is 0 Å². The number of hydrogen-bond donors (Lipinski definition) is 1. The maximum absolute atomic E-state index is 10.1. The summed E-state index contributed by atoms with van der Waals surface area (Å²) in [5.74, 6) is 1.50. The monoisotopic (exact) mass is 267 g/mol. The van der Waals surface area contributed by atoms with Crippen LogP contribution in [0.1, 0.15) is 45.4 Å². The fraction of sp³-hybridized carbons (Fsp3) is 0.857. The van der Waals surface area contributed by atoms with Crippen LogP contribution >= 0.6 is 0 Å². The van der Waals surface area contributed by atoms with Gasteiger partial charge in [-0.05, 0) is 38.5 Å². The highest BCUT2D eigenvalue weighted by Crippen LogP contribution is 2.33. The van der Waals surface area contributed by atoms with Crippen LogP contribution < -0.4 is 0 Å². The molecule has 1 atom stereocenters. The lowest BCUT2D eigenvalue weighted by Gasteiger charge is -2.36. The highest BCUT2D eigenvalue weighted by Gasteiger charge is 2.31. The number of ether oxygens (including phenoxy) is 1. The molecule has 2 rings (SSSR count). The smallest absolute Gasteiger partial charge is 0.138 e. The first-order valence-electron chi connectivity index (χ1n) is 7.39. The molecule has 0 aliphatic heterocycles. The van der Waals surface area contributed by atoms with Gasteiger partial charge in [-0.1, -0.05) is 6.92 Å². The van der Waals surface area contributed by atoms with E-state index in [9.17, 15) is 5.11 Å². The molecular formula is C14H25N3O2. The zero-order chi connectivity index (χ0) is 13.7. The molecule has 0 saturated heterocycles. The summed E-state index contributed by atoms with van der Waals surface area (Å²) < 4.78 is 7.43. The summed E-state index contributed by atoms with van der Waals surface area (Å²) in [5, 5.41) is 14.3. The van der Waals surface area contributed by atoms with Crippen molar-refractivity contribution in [1.82, 2.24) is 14.8 Å². The number of aliphatic hydroxyl groups is 1. The summed E-state index contributed by atoms with van der Waals surface area (Å²) in [7, 11) is 0. The Hall–Kier alpha value is -0.940. The SMILES string of the molecule is CCCn1ncnc1CC(O)CC1CC(OCC)C1. The maximum Gasteiger partial charge on any atom is 0.138 e. The van der Waals surface area contributed by atoms with Crippen molar-refractivity contribution in [2.75, 3.05) is 6.61 Å². The second kappa shape index (κ2) is 7.01. The number of rotatable bonds is 8. The number of aromatic nitrogens is 3. The molecule has 1 aromatic rings. The van der Waals surface area contributed by atoms with Crippen LogP contribution in [0.4, 0.5) is 0 Å². The van der Waals surface area contributed by atoms with Crippen LogP contribution in [0.15, 0.2) is 6.33 Å². The Labute approximate surface area is 115 Å². The van der Waals surface area contributed by atoms with Crippen molar-refractivity contribution >= 4 is 0 Å². The Bertz CT molecular complexity index is 375. The van der Waals surface area contributed by atoms with Gasteiger partial charge in [-0.25, -0.2) is 4.98 Å². The van der Waals surface area contributed by atoms with Gasteiger partial charge < -0.3 is 9.84 Å². The van der Waals surface area contributed by atoms with Crippen molar-refractivity contribution in [3.63, 3.8) is 0 Å². The van der Waals surface area contributed by atoms with E-state index >= 15 is 0 Å². The Kier molecular flexibility index (Phi) is 5.34. The van der Waals surface area contributed by atoms with Gasteiger partial charge in [0, 0.05) is 19.6 Å². The molecule has 1 unspecified atom stereocenters. The van der Waals surface area contributed by atoms with E-state index in [-0.39, 0.29) is 6.10 Å². The first kappa shape index (κ1) is 14.5. The lowest BCUT2D eigenvalue weighted by molar-refractivity contribution is -0.0377. The predicted octanol–water partition coefficient (Wildman–Crippen LogP) is 1.80. The van der Waals surface area contributed by atoms with E-state index < -0.39 is 0 Å². The predicted molar refractivity (Wildman–Crippen MR) is 72.8 cm³/mol. The van der Waals surface area contributed by atoms with Crippen molar-refractivity contribution in [3.05, 3.63) is 12.2 Å². The van der Waals surface area contributed by atoms with E-state index in [0.29, 0.717) is 18.4 Å². The molecule has 0 radical (unpaired) electrons.